The molecule has 2 nitrogen and oxygen atoms in total. The highest BCUT2D eigenvalue weighted by atomic mass is 79.9. The summed E-state index contributed by atoms with van der Waals surface area (Å²) >= 11 is 2.78. The third-order valence-electron chi connectivity index (χ3n) is 1.02. The molecular weight excluding hydrogens is 283 g/mol. The molecule has 0 aliphatic carbocycles. The molecule has 0 amide bonds. The standard InChI is InChI=1S/C4BrF5N2S/c5-2-12-11-1(13-2)3(6,7)4(8,9)10. The first-order valence-corrected chi connectivity index (χ1v) is 4.30. The molecule has 0 N–H and O–H groups in total. The molecule has 0 unspecified atom stereocenters. The zero-order valence-electron chi connectivity index (χ0n) is 5.57. The van der Waals surface area contributed by atoms with Crippen molar-refractivity contribution in [3.63, 3.8) is 0 Å². The van der Waals surface area contributed by atoms with Crippen LogP contribution in [-0.4, -0.2) is 16.4 Å². The van der Waals surface area contributed by atoms with Gasteiger partial charge in [-0.1, -0.05) is 11.3 Å². The van der Waals surface area contributed by atoms with Crippen molar-refractivity contribution in [1.82, 2.24) is 10.2 Å². The number of nitrogens with zero attached hydrogens (tertiary/aromatic N) is 2. The molecule has 0 saturated heterocycles. The molecule has 1 rings (SSSR count). The van der Waals surface area contributed by atoms with E-state index in [2.05, 4.69) is 26.1 Å². The average molecular weight is 283 g/mol. The molecule has 0 aliphatic heterocycles. The van der Waals surface area contributed by atoms with Crippen LogP contribution in [0.1, 0.15) is 5.01 Å². The van der Waals surface area contributed by atoms with Gasteiger partial charge in [-0.2, -0.15) is 22.0 Å². The van der Waals surface area contributed by atoms with E-state index in [0.29, 0.717) is 0 Å². The first kappa shape index (κ1) is 10.8. The summed E-state index contributed by atoms with van der Waals surface area (Å²) in [5, 5.41) is 4.34. The zero-order chi connectivity index (χ0) is 10.3. The van der Waals surface area contributed by atoms with Crippen LogP contribution in [0.15, 0.2) is 3.92 Å². The highest BCUT2D eigenvalue weighted by molar-refractivity contribution is 9.11. The molecule has 0 radical (unpaired) electrons. The molecule has 13 heavy (non-hydrogen) atoms. The Bertz CT molecular complexity index is 308. The van der Waals surface area contributed by atoms with Crippen LogP contribution in [0, 0.1) is 0 Å². The van der Waals surface area contributed by atoms with Crippen molar-refractivity contribution in [3.05, 3.63) is 8.92 Å². The summed E-state index contributed by atoms with van der Waals surface area (Å²) < 4.78 is 59.9. The van der Waals surface area contributed by atoms with Crippen molar-refractivity contribution in [2.45, 2.75) is 12.1 Å². The van der Waals surface area contributed by atoms with E-state index in [1.165, 1.54) is 0 Å². The van der Waals surface area contributed by atoms with Crippen molar-refractivity contribution in [2.75, 3.05) is 0 Å². The van der Waals surface area contributed by atoms with Gasteiger partial charge in [0.15, 0.2) is 8.92 Å². The monoisotopic (exact) mass is 282 g/mol. The fraction of sp³-hybridized carbons (Fsp3) is 0.500. The maximum atomic E-state index is 12.4. The maximum Gasteiger partial charge on any atom is 0.460 e. The summed E-state index contributed by atoms with van der Waals surface area (Å²) in [7, 11) is 0. The molecule has 9 heteroatoms. The molecule has 1 heterocycles. The van der Waals surface area contributed by atoms with E-state index in [1.807, 2.05) is 0 Å². The molecule has 0 bridgehead atoms. The minimum Gasteiger partial charge on any atom is -0.188 e. The highest BCUT2D eigenvalue weighted by Crippen LogP contribution is 2.45. The summed E-state index contributed by atoms with van der Waals surface area (Å²) in [5.41, 5.74) is 0. The van der Waals surface area contributed by atoms with Crippen LogP contribution in [-0.2, 0) is 5.92 Å². The second kappa shape index (κ2) is 3.12. The molecule has 0 saturated carbocycles. The second-order valence-corrected chi connectivity index (χ2v) is 4.19. The summed E-state index contributed by atoms with van der Waals surface area (Å²) in [5.74, 6) is -4.93. The van der Waals surface area contributed by atoms with Gasteiger partial charge in [-0.3, -0.25) is 0 Å². The smallest absolute Gasteiger partial charge is 0.188 e. The Morgan fingerprint density at radius 3 is 1.92 bits per heavy atom. The van der Waals surface area contributed by atoms with Crippen LogP contribution in [0.2, 0.25) is 0 Å². The van der Waals surface area contributed by atoms with Crippen LogP contribution in [0.3, 0.4) is 0 Å². The van der Waals surface area contributed by atoms with Crippen LogP contribution in [0.4, 0.5) is 22.0 Å². The van der Waals surface area contributed by atoms with Gasteiger partial charge in [-0.25, -0.2) is 0 Å². The SMILES string of the molecule is FC(F)(F)C(F)(F)c1nnc(Br)s1. The number of rotatable bonds is 1. The average Bonchev–Trinajstić information content (AvgIpc) is 2.33. The lowest BCUT2D eigenvalue weighted by Crippen LogP contribution is -2.33. The predicted molar refractivity (Wildman–Crippen MR) is 37.6 cm³/mol. The number of alkyl halides is 5. The third kappa shape index (κ3) is 1.96. The lowest BCUT2D eigenvalue weighted by molar-refractivity contribution is -0.289. The largest absolute Gasteiger partial charge is 0.460 e. The van der Waals surface area contributed by atoms with Gasteiger partial charge >= 0.3 is 12.1 Å². The van der Waals surface area contributed by atoms with Crippen molar-refractivity contribution in [1.29, 1.82) is 0 Å². The summed E-state index contributed by atoms with van der Waals surface area (Å²) in [6.07, 6.45) is -5.63. The lowest BCUT2D eigenvalue weighted by Gasteiger charge is -2.15. The topological polar surface area (TPSA) is 25.8 Å². The van der Waals surface area contributed by atoms with Gasteiger partial charge in [-0.15, -0.1) is 10.2 Å². The normalized spacial score (nSPS) is 13.4. The van der Waals surface area contributed by atoms with Crippen LogP contribution >= 0.6 is 27.3 Å². The number of aromatic nitrogens is 2. The van der Waals surface area contributed by atoms with Gasteiger partial charge in [0.1, 0.15) is 0 Å². The van der Waals surface area contributed by atoms with E-state index < -0.39 is 17.1 Å². The third-order valence-corrected chi connectivity index (χ3v) is 2.45. The summed E-state index contributed by atoms with van der Waals surface area (Å²) in [6.45, 7) is 0. The number of hydrogen-bond donors (Lipinski definition) is 0. The molecule has 0 fully saturated rings. The fourth-order valence-corrected chi connectivity index (χ4v) is 1.56. The number of hydrogen-bond acceptors (Lipinski definition) is 3. The molecule has 1 aromatic heterocycles. The molecule has 0 aromatic carbocycles. The van der Waals surface area contributed by atoms with Gasteiger partial charge in [0.25, 0.3) is 0 Å². The van der Waals surface area contributed by atoms with Crippen molar-refractivity contribution in [2.24, 2.45) is 0 Å². The van der Waals surface area contributed by atoms with Crippen molar-refractivity contribution >= 4 is 27.3 Å². The summed E-state index contributed by atoms with van der Waals surface area (Å²) in [6, 6.07) is 0. The first-order chi connectivity index (χ1) is 5.75. The van der Waals surface area contributed by atoms with Crippen LogP contribution in [0.25, 0.3) is 0 Å². The van der Waals surface area contributed by atoms with Gasteiger partial charge in [0.05, 0.1) is 0 Å². The van der Waals surface area contributed by atoms with Gasteiger partial charge in [0, 0.05) is 0 Å². The Hall–Kier alpha value is -0.310. The maximum absolute atomic E-state index is 12.4. The fourth-order valence-electron chi connectivity index (χ4n) is 0.453. The Morgan fingerprint density at radius 2 is 1.62 bits per heavy atom. The van der Waals surface area contributed by atoms with E-state index >= 15 is 0 Å². The number of halogens is 6. The van der Waals surface area contributed by atoms with Crippen LogP contribution in [0.5, 0.6) is 0 Å². The Labute approximate surface area is 80.9 Å². The van der Waals surface area contributed by atoms with E-state index in [4.69, 9.17) is 0 Å². The van der Waals surface area contributed by atoms with E-state index in [1.54, 1.807) is 0 Å². The van der Waals surface area contributed by atoms with Crippen molar-refractivity contribution in [3.8, 4) is 0 Å². The van der Waals surface area contributed by atoms with E-state index in [-0.39, 0.29) is 15.3 Å². The molecule has 1 aromatic rings. The first-order valence-electron chi connectivity index (χ1n) is 2.69. The van der Waals surface area contributed by atoms with Gasteiger partial charge in [0.2, 0.25) is 0 Å². The Balaban J connectivity index is 3.07. The quantitative estimate of drug-likeness (QED) is 0.740. The van der Waals surface area contributed by atoms with E-state index in [0.717, 1.165) is 0 Å². The molecule has 74 valence electrons. The minimum atomic E-state index is -5.63. The Morgan fingerprint density at radius 1 is 1.08 bits per heavy atom. The molecule has 0 spiro atoms. The predicted octanol–water partition coefficient (Wildman–Crippen LogP) is 2.95. The van der Waals surface area contributed by atoms with Gasteiger partial charge in [-0.05, 0) is 15.9 Å². The van der Waals surface area contributed by atoms with Crippen LogP contribution < -0.4 is 0 Å². The molecule has 0 aliphatic rings. The second-order valence-electron chi connectivity index (χ2n) is 1.93. The lowest BCUT2D eigenvalue weighted by atomic mass is 10.3. The summed E-state index contributed by atoms with van der Waals surface area (Å²) in [4.78, 5) is 0. The molecule has 0 atom stereocenters. The highest BCUT2D eigenvalue weighted by Gasteiger charge is 2.61. The zero-order valence-corrected chi connectivity index (χ0v) is 7.97. The van der Waals surface area contributed by atoms with Gasteiger partial charge < -0.3 is 0 Å². The molecular formula is C4BrF5N2S. The van der Waals surface area contributed by atoms with Crippen molar-refractivity contribution < 1.29 is 22.0 Å². The minimum absolute atomic E-state index is 0.119. The Kier molecular flexibility index (Phi) is 2.59. The van der Waals surface area contributed by atoms with E-state index in [9.17, 15) is 22.0 Å².